The highest BCUT2D eigenvalue weighted by Gasteiger charge is 2.73. The molecule has 4 aliphatic heterocycles. The van der Waals surface area contributed by atoms with Crippen molar-refractivity contribution >= 4 is 23.7 Å². The molecule has 0 aliphatic carbocycles. The maximum absolute atomic E-state index is 14.3. The number of amides is 3. The normalized spacial score (nSPS) is 35.5. The molecule has 1 spiro atoms. The molecule has 37 heavy (non-hydrogen) atoms. The second kappa shape index (κ2) is 10.6. The number of hydrogen-bond acceptors (Lipinski definition) is 7. The second-order valence-corrected chi connectivity index (χ2v) is 11.3. The molecule has 0 saturated carbocycles. The number of nitrogens with zero attached hydrogens (tertiary/aromatic N) is 2. The van der Waals surface area contributed by atoms with Crippen molar-refractivity contribution < 1.29 is 33.8 Å². The van der Waals surface area contributed by atoms with Gasteiger partial charge in [0.15, 0.2) is 0 Å². The number of cyclic esters (lactones) is 1. The van der Waals surface area contributed by atoms with E-state index in [2.05, 4.69) is 5.32 Å². The van der Waals surface area contributed by atoms with E-state index in [9.17, 15) is 24.3 Å². The van der Waals surface area contributed by atoms with E-state index in [-0.39, 0.29) is 43.8 Å². The number of rotatable bonds is 4. The molecule has 2 fully saturated rings. The number of hydrogen-bond donors (Lipinski definition) is 2. The first kappa shape index (κ1) is 27.3. The van der Waals surface area contributed by atoms with Crippen LogP contribution in [0.1, 0.15) is 53.4 Å². The van der Waals surface area contributed by atoms with Gasteiger partial charge >= 0.3 is 5.97 Å². The van der Waals surface area contributed by atoms with Gasteiger partial charge in [-0.15, -0.1) is 0 Å². The third-order valence-electron chi connectivity index (χ3n) is 7.66. The maximum Gasteiger partial charge on any atom is 0.313 e. The van der Waals surface area contributed by atoms with Crippen LogP contribution in [0.25, 0.3) is 0 Å². The van der Waals surface area contributed by atoms with E-state index in [1.807, 2.05) is 32.9 Å². The molecule has 0 radical (unpaired) electrons. The van der Waals surface area contributed by atoms with Crippen molar-refractivity contribution in [1.29, 1.82) is 0 Å². The van der Waals surface area contributed by atoms with Crippen molar-refractivity contribution in [1.82, 2.24) is 15.1 Å². The monoisotopic (exact) mass is 517 g/mol. The van der Waals surface area contributed by atoms with Crippen molar-refractivity contribution in [3.8, 4) is 0 Å². The summed E-state index contributed by atoms with van der Waals surface area (Å²) in [6.45, 7) is 8.21. The van der Waals surface area contributed by atoms with E-state index in [1.54, 1.807) is 28.9 Å². The molecule has 4 aliphatic rings. The van der Waals surface area contributed by atoms with Crippen LogP contribution in [-0.2, 0) is 28.7 Å². The molecule has 4 heterocycles. The average Bonchev–Trinajstić information content (AvgIpc) is 3.46. The van der Waals surface area contributed by atoms with Gasteiger partial charge in [-0.1, -0.05) is 24.3 Å². The van der Waals surface area contributed by atoms with Crippen LogP contribution in [0, 0.1) is 11.8 Å². The molecule has 204 valence electrons. The predicted octanol–water partition coefficient (Wildman–Crippen LogP) is 0.935. The fourth-order valence-corrected chi connectivity index (χ4v) is 5.87. The van der Waals surface area contributed by atoms with Crippen LogP contribution < -0.4 is 5.32 Å². The van der Waals surface area contributed by atoms with Crippen molar-refractivity contribution in [2.24, 2.45) is 11.8 Å². The van der Waals surface area contributed by atoms with E-state index in [4.69, 9.17) is 9.47 Å². The van der Waals surface area contributed by atoms with Crippen LogP contribution in [0.3, 0.4) is 0 Å². The molecule has 3 amide bonds. The topological polar surface area (TPSA) is 125 Å². The van der Waals surface area contributed by atoms with Crippen LogP contribution in [0.15, 0.2) is 24.3 Å². The summed E-state index contributed by atoms with van der Waals surface area (Å²) >= 11 is 0. The van der Waals surface area contributed by atoms with Crippen LogP contribution in [0.2, 0.25) is 0 Å². The lowest BCUT2D eigenvalue weighted by Gasteiger charge is -2.41. The van der Waals surface area contributed by atoms with Gasteiger partial charge in [-0.25, -0.2) is 0 Å². The standard InChI is InChI=1S/C27H39N3O7/c1-17-16-28-19(32)10-6-5-7-14-30(26(2,3)4)24(34)22-27-12-11-18(37-27)20(25(35)36-17)21(27)23(33)29(22)13-8-9-15-31/h5,7,11-12,17-18,20-22,31H,6,8-10,13-16H2,1-4H3,(H,28,32)/b7-5-/t17-,18+,20-,21-,22+,27-/m0/s1. The molecule has 10 nitrogen and oxygen atoms in total. The van der Waals surface area contributed by atoms with E-state index in [0.29, 0.717) is 25.8 Å². The minimum atomic E-state index is -1.26. The van der Waals surface area contributed by atoms with Gasteiger partial charge in [-0.05, 0) is 47.0 Å². The summed E-state index contributed by atoms with van der Waals surface area (Å²) in [5.41, 5.74) is -1.83. The number of aliphatic hydroxyl groups is 1. The predicted molar refractivity (Wildman–Crippen MR) is 134 cm³/mol. The molecule has 6 atom stereocenters. The Morgan fingerprint density at radius 2 is 1.89 bits per heavy atom. The number of nitrogens with one attached hydrogen (secondary N) is 1. The summed E-state index contributed by atoms with van der Waals surface area (Å²) in [5.74, 6) is -3.06. The van der Waals surface area contributed by atoms with Gasteiger partial charge in [0.2, 0.25) is 17.7 Å². The van der Waals surface area contributed by atoms with Gasteiger partial charge in [-0.3, -0.25) is 19.2 Å². The van der Waals surface area contributed by atoms with E-state index < -0.39 is 47.2 Å². The summed E-state index contributed by atoms with van der Waals surface area (Å²) in [6.07, 6.45) is 7.83. The highest BCUT2D eigenvalue weighted by molar-refractivity contribution is 5.99. The minimum Gasteiger partial charge on any atom is -0.460 e. The van der Waals surface area contributed by atoms with Crippen molar-refractivity contribution in [2.75, 3.05) is 26.2 Å². The van der Waals surface area contributed by atoms with Gasteiger partial charge in [0.05, 0.1) is 18.6 Å². The molecule has 2 N–H and O–H groups in total. The third kappa shape index (κ3) is 5.05. The fourth-order valence-electron chi connectivity index (χ4n) is 5.87. The second-order valence-electron chi connectivity index (χ2n) is 11.3. The molecule has 0 aromatic rings. The van der Waals surface area contributed by atoms with Gasteiger partial charge in [0, 0.05) is 31.7 Å². The van der Waals surface area contributed by atoms with Crippen molar-refractivity contribution in [3.05, 3.63) is 24.3 Å². The smallest absolute Gasteiger partial charge is 0.313 e. The van der Waals surface area contributed by atoms with Crippen LogP contribution in [0.5, 0.6) is 0 Å². The maximum atomic E-state index is 14.3. The Bertz CT molecular complexity index is 987. The molecule has 0 aromatic heterocycles. The molecule has 4 rings (SSSR count). The molecular weight excluding hydrogens is 478 g/mol. The molecule has 10 heteroatoms. The van der Waals surface area contributed by atoms with Gasteiger partial charge in [0.25, 0.3) is 0 Å². The Morgan fingerprint density at radius 3 is 2.59 bits per heavy atom. The number of carbonyl (C=O) groups excluding carboxylic acids is 4. The summed E-state index contributed by atoms with van der Waals surface area (Å²) in [5, 5.41) is 12.1. The Balaban J connectivity index is 1.76. The van der Waals surface area contributed by atoms with Gasteiger partial charge in [0.1, 0.15) is 23.7 Å². The number of aliphatic hydroxyl groups excluding tert-OH is 1. The lowest BCUT2D eigenvalue weighted by atomic mass is 9.74. The number of carbonyl (C=O) groups is 4. The molecular formula is C27H39N3O7. The van der Waals surface area contributed by atoms with Crippen molar-refractivity contribution in [2.45, 2.75) is 82.8 Å². The first-order chi connectivity index (χ1) is 17.5. The van der Waals surface area contributed by atoms with Crippen LogP contribution in [-0.4, -0.2) is 94.2 Å². The first-order valence-corrected chi connectivity index (χ1v) is 13.2. The summed E-state index contributed by atoms with van der Waals surface area (Å²) in [7, 11) is 0. The van der Waals surface area contributed by atoms with E-state index in [0.717, 1.165) is 0 Å². The molecule has 2 saturated heterocycles. The summed E-state index contributed by atoms with van der Waals surface area (Å²) < 4.78 is 12.0. The Hall–Kier alpha value is -2.72. The Kier molecular flexibility index (Phi) is 7.80. The average molecular weight is 518 g/mol. The minimum absolute atomic E-state index is 0.0179. The zero-order chi connectivity index (χ0) is 27.0. The largest absolute Gasteiger partial charge is 0.460 e. The van der Waals surface area contributed by atoms with Crippen LogP contribution in [0.4, 0.5) is 0 Å². The fraction of sp³-hybridized carbons (Fsp3) is 0.704. The lowest BCUT2D eigenvalue weighted by molar-refractivity contribution is -0.158. The number of fused-ring (bicyclic) bond motifs is 2. The van der Waals surface area contributed by atoms with Gasteiger partial charge in [-0.2, -0.15) is 0 Å². The lowest BCUT2D eigenvalue weighted by Crippen LogP contribution is -2.59. The third-order valence-corrected chi connectivity index (χ3v) is 7.66. The quantitative estimate of drug-likeness (QED) is 0.323. The van der Waals surface area contributed by atoms with Crippen LogP contribution >= 0.6 is 0 Å². The Morgan fingerprint density at radius 1 is 1.14 bits per heavy atom. The molecule has 0 unspecified atom stereocenters. The highest BCUT2D eigenvalue weighted by atomic mass is 16.6. The number of esters is 1. The van der Waals surface area contributed by atoms with Gasteiger partial charge < -0.3 is 29.7 Å². The van der Waals surface area contributed by atoms with E-state index in [1.165, 1.54) is 0 Å². The summed E-state index contributed by atoms with van der Waals surface area (Å²) in [6, 6.07) is -0.938. The molecule has 5 bridgehead atoms. The number of allylic oxidation sites excluding steroid dienone is 1. The SMILES string of the molecule is C[C@H]1CNC(=O)CC/C=C\CN(C(C)(C)C)C(=O)[C@H]2N(CCCCO)C(=O)[C@@H]3[C@@H](C(=O)O1)[C@H]1C=C[C@]32O1. The van der Waals surface area contributed by atoms with Crippen molar-refractivity contribution in [3.63, 3.8) is 0 Å². The number of likely N-dealkylation sites (tertiary alicyclic amines) is 1. The first-order valence-electron chi connectivity index (χ1n) is 13.2. The Labute approximate surface area is 218 Å². The summed E-state index contributed by atoms with van der Waals surface area (Å²) in [4.78, 5) is 57.0. The highest BCUT2D eigenvalue weighted by Crippen LogP contribution is 2.55. The van der Waals surface area contributed by atoms with E-state index >= 15 is 0 Å². The number of unbranched alkanes of at least 4 members (excludes halogenated alkanes) is 1. The zero-order valence-electron chi connectivity index (χ0n) is 22.1. The number of ether oxygens (including phenoxy) is 2. The zero-order valence-corrected chi connectivity index (χ0v) is 22.1. The molecule has 0 aromatic carbocycles.